The fourth-order valence-electron chi connectivity index (χ4n) is 3.42. The lowest BCUT2D eigenvalue weighted by Crippen LogP contribution is -2.22. The first kappa shape index (κ1) is 24.7. The van der Waals surface area contributed by atoms with Crippen molar-refractivity contribution in [3.8, 4) is 11.1 Å². The number of benzene rings is 3. The van der Waals surface area contributed by atoms with E-state index in [2.05, 4.69) is 15.9 Å². The van der Waals surface area contributed by atoms with Crippen LogP contribution in [0.1, 0.15) is 16.7 Å². The molecule has 1 aliphatic rings. The van der Waals surface area contributed by atoms with Gasteiger partial charge in [0, 0.05) is 27.6 Å². The molecule has 0 saturated heterocycles. The van der Waals surface area contributed by atoms with Crippen molar-refractivity contribution in [3.05, 3.63) is 94.0 Å². The lowest BCUT2D eigenvalue weighted by molar-refractivity contribution is -0.114. The van der Waals surface area contributed by atoms with Gasteiger partial charge in [-0.15, -0.1) is 0 Å². The Morgan fingerprint density at radius 1 is 0.912 bits per heavy atom. The van der Waals surface area contributed by atoms with Gasteiger partial charge < -0.3 is 0 Å². The summed E-state index contributed by atoms with van der Waals surface area (Å²) in [6.45, 7) is 0. The van der Waals surface area contributed by atoms with E-state index in [1.54, 1.807) is 30.0 Å². The van der Waals surface area contributed by atoms with E-state index in [-0.39, 0.29) is 9.80 Å². The average molecular weight is 580 g/mol. The van der Waals surface area contributed by atoms with Crippen molar-refractivity contribution in [2.24, 2.45) is 5.14 Å². The lowest BCUT2D eigenvalue weighted by atomic mass is 10.0. The summed E-state index contributed by atoms with van der Waals surface area (Å²) in [6, 6.07) is 19.8. The minimum Gasteiger partial charge on any atom is -0.269 e. The Hall–Kier alpha value is -2.44. The van der Waals surface area contributed by atoms with Crippen molar-refractivity contribution in [2.45, 2.75) is 16.4 Å². The van der Waals surface area contributed by atoms with Gasteiger partial charge in [0.15, 0.2) is 0 Å². The van der Waals surface area contributed by atoms with Gasteiger partial charge in [-0.25, -0.2) is 26.7 Å². The minimum absolute atomic E-state index is 0.0433. The summed E-state index contributed by atoms with van der Waals surface area (Å²) >= 11 is 5.11. The maximum absolute atomic E-state index is 12.1. The SMILES string of the molecule is NS(=O)(=O)c1cccc(-c2ccc(CSCc3ccc(C4=CC(=O)NS4(=O)=O)c(Br)c3)cc2)c1. The van der Waals surface area contributed by atoms with Crippen LogP contribution >= 0.6 is 27.7 Å². The second kappa shape index (κ2) is 9.67. The van der Waals surface area contributed by atoms with Crippen LogP contribution in [-0.4, -0.2) is 22.7 Å². The predicted molar refractivity (Wildman–Crippen MR) is 137 cm³/mol. The highest BCUT2D eigenvalue weighted by atomic mass is 79.9. The highest BCUT2D eigenvalue weighted by molar-refractivity contribution is 9.10. The number of rotatable bonds is 7. The standard InChI is InChI=1S/C23H19BrN2O5S3/c24-21-10-16(6-9-20(21)22-12-23(27)26-34(22,30)31)14-32-13-15-4-7-17(8-5-15)18-2-1-3-19(11-18)33(25,28)29/h1-12H,13-14H2,(H,26,27)(H2,25,28,29). The van der Waals surface area contributed by atoms with E-state index in [0.29, 0.717) is 15.8 Å². The summed E-state index contributed by atoms with van der Waals surface area (Å²) in [7, 11) is -7.58. The van der Waals surface area contributed by atoms with Crippen molar-refractivity contribution >= 4 is 58.6 Å². The molecule has 0 radical (unpaired) electrons. The van der Waals surface area contributed by atoms with Gasteiger partial charge in [-0.05, 0) is 40.5 Å². The van der Waals surface area contributed by atoms with Crippen LogP contribution in [0.25, 0.3) is 16.0 Å². The molecule has 0 aromatic heterocycles. The largest absolute Gasteiger partial charge is 0.269 e. The fourth-order valence-corrected chi connectivity index (χ4v) is 6.86. The molecule has 1 heterocycles. The Bertz CT molecular complexity index is 1520. The number of sulfonamides is 2. The molecule has 0 atom stereocenters. The number of hydrogen-bond acceptors (Lipinski definition) is 6. The van der Waals surface area contributed by atoms with E-state index in [1.165, 1.54) is 6.07 Å². The molecule has 176 valence electrons. The molecule has 3 N–H and O–H groups in total. The van der Waals surface area contributed by atoms with Gasteiger partial charge in [0.05, 0.1) is 4.90 Å². The first-order valence-electron chi connectivity index (χ1n) is 9.90. The minimum atomic E-state index is -3.82. The molecule has 0 fully saturated rings. The molecule has 7 nitrogen and oxygen atoms in total. The highest BCUT2D eigenvalue weighted by Gasteiger charge is 2.30. The molecular weight excluding hydrogens is 560 g/mol. The van der Waals surface area contributed by atoms with Crippen molar-refractivity contribution < 1.29 is 21.6 Å². The van der Waals surface area contributed by atoms with Crippen molar-refractivity contribution in [1.29, 1.82) is 0 Å². The van der Waals surface area contributed by atoms with Crippen molar-refractivity contribution in [3.63, 3.8) is 0 Å². The third kappa shape index (κ3) is 5.61. The van der Waals surface area contributed by atoms with Crippen LogP contribution in [0.5, 0.6) is 0 Å². The number of halogens is 1. The fraction of sp³-hybridized carbons (Fsp3) is 0.0870. The predicted octanol–water partition coefficient (Wildman–Crippen LogP) is 4.00. The molecule has 1 amide bonds. The van der Waals surface area contributed by atoms with Crippen LogP contribution in [0.3, 0.4) is 0 Å². The Balaban J connectivity index is 1.39. The van der Waals surface area contributed by atoms with Gasteiger partial charge in [0.1, 0.15) is 4.91 Å². The van der Waals surface area contributed by atoms with Gasteiger partial charge in [0.2, 0.25) is 10.0 Å². The van der Waals surface area contributed by atoms with E-state index in [0.717, 1.165) is 34.1 Å². The smallest absolute Gasteiger partial charge is 0.265 e. The Labute approximate surface area is 210 Å². The second-order valence-electron chi connectivity index (χ2n) is 7.56. The molecule has 1 aliphatic heterocycles. The number of carbonyl (C=O) groups is 1. The molecule has 0 spiro atoms. The number of hydrogen-bond donors (Lipinski definition) is 2. The van der Waals surface area contributed by atoms with E-state index in [9.17, 15) is 21.6 Å². The van der Waals surface area contributed by atoms with Crippen LogP contribution < -0.4 is 9.86 Å². The molecular formula is C23H19BrN2O5S3. The Morgan fingerprint density at radius 3 is 2.21 bits per heavy atom. The molecule has 0 saturated carbocycles. The maximum Gasteiger partial charge on any atom is 0.265 e. The number of amides is 1. The summed E-state index contributed by atoms with van der Waals surface area (Å²) < 4.78 is 49.8. The summed E-state index contributed by atoms with van der Waals surface area (Å²) in [5.41, 5.74) is 4.22. The van der Waals surface area contributed by atoms with Crippen LogP contribution in [-0.2, 0) is 36.3 Å². The van der Waals surface area contributed by atoms with Gasteiger partial charge in [-0.1, -0.05) is 64.5 Å². The van der Waals surface area contributed by atoms with Gasteiger partial charge in [0.25, 0.3) is 15.9 Å². The van der Waals surface area contributed by atoms with Gasteiger partial charge in [-0.3, -0.25) is 4.79 Å². The van der Waals surface area contributed by atoms with Gasteiger partial charge in [-0.2, -0.15) is 11.8 Å². The van der Waals surface area contributed by atoms with Gasteiger partial charge >= 0.3 is 0 Å². The van der Waals surface area contributed by atoms with Crippen LogP contribution in [0, 0.1) is 0 Å². The molecule has 4 rings (SSSR count). The van der Waals surface area contributed by atoms with Crippen molar-refractivity contribution in [1.82, 2.24) is 4.72 Å². The zero-order chi connectivity index (χ0) is 24.5. The van der Waals surface area contributed by atoms with Crippen LogP contribution in [0.2, 0.25) is 0 Å². The Kier molecular flexibility index (Phi) is 7.02. The summed E-state index contributed by atoms with van der Waals surface area (Å²) in [5.74, 6) is 0.819. The molecule has 3 aromatic carbocycles. The molecule has 3 aromatic rings. The van der Waals surface area contributed by atoms with E-state index < -0.39 is 26.0 Å². The van der Waals surface area contributed by atoms with E-state index in [4.69, 9.17) is 5.14 Å². The maximum atomic E-state index is 12.1. The third-order valence-electron chi connectivity index (χ3n) is 5.07. The summed E-state index contributed by atoms with van der Waals surface area (Å²) in [4.78, 5) is 11.5. The third-order valence-corrected chi connectivity index (χ3v) is 9.10. The number of nitrogens with two attached hydrogens (primary N) is 1. The van der Waals surface area contributed by atoms with E-state index >= 15 is 0 Å². The quantitative estimate of drug-likeness (QED) is 0.436. The molecule has 34 heavy (non-hydrogen) atoms. The number of thioether (sulfide) groups is 1. The molecule has 11 heteroatoms. The molecule has 0 bridgehead atoms. The number of nitrogens with one attached hydrogen (secondary N) is 1. The second-order valence-corrected chi connectivity index (χ2v) is 12.6. The summed E-state index contributed by atoms with van der Waals surface area (Å²) in [5, 5.41) is 5.22. The van der Waals surface area contributed by atoms with Crippen LogP contribution in [0.4, 0.5) is 0 Å². The first-order chi connectivity index (χ1) is 16.0. The summed E-state index contributed by atoms with van der Waals surface area (Å²) in [6.07, 6.45) is 1.08. The van der Waals surface area contributed by atoms with Crippen molar-refractivity contribution in [2.75, 3.05) is 0 Å². The first-order valence-corrected chi connectivity index (χ1v) is 14.9. The van der Waals surface area contributed by atoms with E-state index in [1.807, 2.05) is 47.2 Å². The molecule has 0 unspecified atom stereocenters. The zero-order valence-corrected chi connectivity index (χ0v) is 21.6. The average Bonchev–Trinajstić information content (AvgIpc) is 3.05. The monoisotopic (exact) mass is 578 g/mol. The highest BCUT2D eigenvalue weighted by Crippen LogP contribution is 2.32. The van der Waals surface area contributed by atoms with Crippen LogP contribution in [0.15, 0.2) is 82.2 Å². The Morgan fingerprint density at radius 2 is 1.59 bits per heavy atom. The molecule has 0 aliphatic carbocycles. The zero-order valence-electron chi connectivity index (χ0n) is 17.6. The lowest BCUT2D eigenvalue weighted by Gasteiger charge is -2.09. The topological polar surface area (TPSA) is 123 Å². The number of primary sulfonamides is 1. The number of carbonyl (C=O) groups excluding carboxylic acids is 1. The normalized spacial score (nSPS) is 15.1.